The van der Waals surface area contributed by atoms with Gasteiger partial charge in [0.05, 0.1) is 35.8 Å². The van der Waals surface area contributed by atoms with E-state index < -0.39 is 102 Å². The number of nitrogens with zero attached hydrogens (tertiary/aromatic N) is 5. The van der Waals surface area contributed by atoms with Crippen LogP contribution in [-0.4, -0.2) is 99.1 Å². The number of carbonyl (C=O) groups is 3. The maximum absolute atomic E-state index is 13.7. The maximum atomic E-state index is 13.7. The van der Waals surface area contributed by atoms with Gasteiger partial charge in [-0.3, -0.25) is 14.6 Å². The lowest BCUT2D eigenvalue weighted by Gasteiger charge is -2.48. The van der Waals surface area contributed by atoms with Crippen LogP contribution in [-0.2, 0) is 21.9 Å². The number of ether oxygens (including phenoxy) is 1. The molecule has 0 saturated carbocycles. The van der Waals surface area contributed by atoms with Gasteiger partial charge < -0.3 is 36.6 Å². The average molecular weight is 671 g/mol. The van der Waals surface area contributed by atoms with Crippen molar-refractivity contribution in [3.05, 3.63) is 65.2 Å². The van der Waals surface area contributed by atoms with Crippen LogP contribution in [0.25, 0.3) is 0 Å². The predicted octanol–water partition coefficient (Wildman–Crippen LogP) is 0.395. The molecule has 4 aliphatic heterocycles. The van der Waals surface area contributed by atoms with Crippen molar-refractivity contribution in [3.63, 3.8) is 0 Å². The summed E-state index contributed by atoms with van der Waals surface area (Å²) in [6.07, 6.45) is -12.6. The van der Waals surface area contributed by atoms with Crippen molar-refractivity contribution >= 4 is 35.5 Å². The number of halogens is 6. The molecular weight excluding hydrogens is 646 g/mol. The molecule has 20 heteroatoms. The molecule has 14 nitrogen and oxygen atoms in total. The number of nitrogens with two attached hydrogens (primary N) is 2. The lowest BCUT2D eigenvalue weighted by atomic mass is 9.85. The molecule has 4 atom stereocenters. The SMILES string of the molecule is NC1=N[C@H]2C(CN3C(=O)CN(c4ccccc4)C3=O)N=C(N)N3CC(OC(=O)c4cc(C(F)(F)F)ccc4C(F)(F)F)C(O)(O)[C@]23N1. The van der Waals surface area contributed by atoms with E-state index in [1.54, 1.807) is 30.3 Å². The number of alkyl halides is 6. The zero-order valence-electron chi connectivity index (χ0n) is 23.7. The molecule has 0 bridgehead atoms. The van der Waals surface area contributed by atoms with E-state index in [1.807, 2.05) is 0 Å². The minimum Gasteiger partial charge on any atom is -0.451 e. The van der Waals surface area contributed by atoms with Crippen molar-refractivity contribution in [1.82, 2.24) is 15.1 Å². The molecule has 7 N–H and O–H groups in total. The molecule has 4 heterocycles. The van der Waals surface area contributed by atoms with E-state index >= 15 is 0 Å². The normalized spacial score (nSPS) is 26.9. The number of imide groups is 1. The van der Waals surface area contributed by atoms with Crippen LogP contribution in [0.2, 0.25) is 0 Å². The number of rotatable bonds is 5. The van der Waals surface area contributed by atoms with Crippen molar-refractivity contribution in [3.8, 4) is 0 Å². The Balaban J connectivity index is 1.30. The van der Waals surface area contributed by atoms with Gasteiger partial charge in [-0.2, -0.15) is 26.3 Å². The van der Waals surface area contributed by atoms with E-state index in [0.29, 0.717) is 5.69 Å². The van der Waals surface area contributed by atoms with Crippen LogP contribution in [0, 0.1) is 0 Å². The Morgan fingerprint density at radius 3 is 2.34 bits per heavy atom. The number of nitrogens with one attached hydrogen (secondary N) is 1. The second-order valence-electron chi connectivity index (χ2n) is 11.1. The van der Waals surface area contributed by atoms with E-state index in [4.69, 9.17) is 16.2 Å². The fraction of sp³-hybridized carbons (Fsp3) is 0.370. The van der Waals surface area contributed by atoms with Crippen LogP contribution in [0.4, 0.5) is 36.8 Å². The molecule has 250 valence electrons. The maximum Gasteiger partial charge on any atom is 0.417 e. The van der Waals surface area contributed by atoms with Gasteiger partial charge >= 0.3 is 24.4 Å². The van der Waals surface area contributed by atoms with Crippen molar-refractivity contribution in [2.45, 2.75) is 42.0 Å². The number of anilines is 1. The van der Waals surface area contributed by atoms with E-state index in [0.717, 1.165) is 9.80 Å². The van der Waals surface area contributed by atoms with Gasteiger partial charge in [-0.05, 0) is 30.3 Å². The Bertz CT molecular complexity index is 1720. The molecule has 0 radical (unpaired) electrons. The highest BCUT2D eigenvalue weighted by molar-refractivity contribution is 6.12. The number of aliphatic imine (C=N–C) groups is 2. The molecular formula is C27H24F6N8O6. The molecule has 2 unspecified atom stereocenters. The third-order valence-electron chi connectivity index (χ3n) is 8.36. The second-order valence-corrected chi connectivity index (χ2v) is 11.1. The molecule has 2 fully saturated rings. The first-order valence-corrected chi connectivity index (χ1v) is 13.7. The number of hydrogen-bond donors (Lipinski definition) is 5. The molecule has 0 aromatic heterocycles. The minimum atomic E-state index is -5.29. The summed E-state index contributed by atoms with van der Waals surface area (Å²) in [6.45, 7) is -1.56. The van der Waals surface area contributed by atoms with E-state index in [2.05, 4.69) is 15.3 Å². The van der Waals surface area contributed by atoms with Crippen LogP contribution in [0.15, 0.2) is 58.5 Å². The number of esters is 1. The zero-order chi connectivity index (χ0) is 34.3. The van der Waals surface area contributed by atoms with Gasteiger partial charge in [0.1, 0.15) is 12.6 Å². The van der Waals surface area contributed by atoms with Gasteiger partial charge in [-0.25, -0.2) is 19.6 Å². The van der Waals surface area contributed by atoms with Crippen molar-refractivity contribution in [1.29, 1.82) is 0 Å². The highest BCUT2D eigenvalue weighted by atomic mass is 19.4. The number of benzene rings is 2. The quantitative estimate of drug-likeness (QED) is 0.128. The molecule has 1 spiro atoms. The third-order valence-corrected chi connectivity index (χ3v) is 8.36. The fourth-order valence-corrected chi connectivity index (χ4v) is 6.22. The molecule has 47 heavy (non-hydrogen) atoms. The summed E-state index contributed by atoms with van der Waals surface area (Å²) in [7, 11) is 0. The van der Waals surface area contributed by atoms with Crippen LogP contribution in [0.5, 0.6) is 0 Å². The van der Waals surface area contributed by atoms with Gasteiger partial charge in [-0.15, -0.1) is 0 Å². The van der Waals surface area contributed by atoms with Gasteiger partial charge in [0.25, 0.3) is 5.91 Å². The highest BCUT2D eigenvalue weighted by Crippen LogP contribution is 2.46. The molecule has 2 aromatic rings. The average Bonchev–Trinajstić information content (AvgIpc) is 3.57. The Labute approximate surface area is 259 Å². The Morgan fingerprint density at radius 2 is 1.70 bits per heavy atom. The van der Waals surface area contributed by atoms with E-state index in [1.165, 1.54) is 4.90 Å². The molecule has 2 saturated heterocycles. The number of amides is 3. The molecule has 0 aliphatic carbocycles. The molecule has 3 amide bonds. The van der Waals surface area contributed by atoms with Crippen LogP contribution >= 0.6 is 0 Å². The fourth-order valence-electron chi connectivity index (χ4n) is 6.22. The highest BCUT2D eigenvalue weighted by Gasteiger charge is 2.74. The molecule has 6 rings (SSSR count). The summed E-state index contributed by atoms with van der Waals surface area (Å²) in [5.41, 5.74) is 5.27. The molecule has 2 aromatic carbocycles. The van der Waals surface area contributed by atoms with Crippen molar-refractivity contribution < 1.29 is 55.7 Å². The third kappa shape index (κ3) is 4.94. The number of hydrogen-bond acceptors (Lipinski definition) is 12. The number of aliphatic hydroxyl groups is 2. The summed E-state index contributed by atoms with van der Waals surface area (Å²) in [5, 5.41) is 25.6. The number of urea groups is 1. The lowest BCUT2D eigenvalue weighted by Crippen LogP contribution is -2.77. The summed E-state index contributed by atoms with van der Waals surface area (Å²) in [6, 6.07) is 4.89. The first-order valence-electron chi connectivity index (χ1n) is 13.7. The van der Waals surface area contributed by atoms with Gasteiger partial charge in [0, 0.05) is 5.69 Å². The van der Waals surface area contributed by atoms with E-state index in [-0.39, 0.29) is 24.7 Å². The monoisotopic (exact) mass is 670 g/mol. The second kappa shape index (κ2) is 10.5. The smallest absolute Gasteiger partial charge is 0.417 e. The summed E-state index contributed by atoms with van der Waals surface area (Å²) in [5.74, 6) is -6.75. The minimum absolute atomic E-state index is 0.0549. The lowest BCUT2D eigenvalue weighted by molar-refractivity contribution is -0.256. The topological polar surface area (TPSA) is 199 Å². The summed E-state index contributed by atoms with van der Waals surface area (Å²) >= 11 is 0. The number of carbonyl (C=O) groups excluding carboxylic acids is 3. The Kier molecular flexibility index (Phi) is 7.09. The number of guanidine groups is 2. The van der Waals surface area contributed by atoms with Crippen LogP contribution < -0.4 is 21.7 Å². The Morgan fingerprint density at radius 1 is 1.02 bits per heavy atom. The first kappa shape index (κ1) is 31.9. The summed E-state index contributed by atoms with van der Waals surface area (Å²) in [4.78, 5) is 50.6. The predicted molar refractivity (Wildman–Crippen MR) is 147 cm³/mol. The zero-order valence-corrected chi connectivity index (χ0v) is 23.7. The van der Waals surface area contributed by atoms with Crippen LogP contribution in [0.3, 0.4) is 0 Å². The standard InChI is InChI=1S/C27H24F6N8O6/c28-26(29,30)12-6-7-15(27(31,32)33)14(8-12)20(43)47-17-10-41-22(35)36-16(19-24(41,25(17,45)46)38-21(34)37-19)9-40-18(42)11-39(23(40)44)13-4-2-1-3-5-13/h1-8,16-17,19,45-46H,9-11H2,(H2,35,36)(H3,34,37,38)/t16?,17?,19-,24-/m0/s1. The van der Waals surface area contributed by atoms with Crippen LogP contribution in [0.1, 0.15) is 21.5 Å². The summed E-state index contributed by atoms with van der Waals surface area (Å²) < 4.78 is 86.1. The molecule has 4 aliphatic rings. The van der Waals surface area contributed by atoms with Gasteiger partial charge in [0.2, 0.25) is 5.79 Å². The Hall–Kier alpha value is -5.11. The van der Waals surface area contributed by atoms with Gasteiger partial charge in [-0.1, -0.05) is 18.2 Å². The van der Waals surface area contributed by atoms with Crippen molar-refractivity contribution in [2.75, 3.05) is 24.5 Å². The first-order chi connectivity index (χ1) is 21.9. The largest absolute Gasteiger partial charge is 0.451 e. The number of para-hydroxylation sites is 1. The van der Waals surface area contributed by atoms with E-state index in [9.17, 15) is 50.9 Å². The van der Waals surface area contributed by atoms with Gasteiger partial charge in [0.15, 0.2) is 23.7 Å². The van der Waals surface area contributed by atoms with Crippen molar-refractivity contribution in [2.24, 2.45) is 21.5 Å².